The largest absolute Gasteiger partial charge is 0.356 e. The van der Waals surface area contributed by atoms with Crippen LogP contribution in [0.2, 0.25) is 0 Å². The molecule has 2 aromatic carbocycles. The Kier molecular flexibility index (Phi) is 5.25. The Morgan fingerprint density at radius 1 is 1.04 bits per heavy atom. The number of benzene rings is 2. The summed E-state index contributed by atoms with van der Waals surface area (Å²) in [6.07, 6.45) is 0.622. The number of sulfonamides is 1. The Hall–Kier alpha value is -2.44. The lowest BCUT2D eigenvalue weighted by atomic mass is 10.1. The Balaban J connectivity index is 1.90. The van der Waals surface area contributed by atoms with Crippen molar-refractivity contribution in [2.75, 3.05) is 0 Å². The maximum Gasteiger partial charge on any atom is 0.241 e. The number of hydrogen-bond acceptors (Lipinski definition) is 4. The molecule has 0 atom stereocenters. The first kappa shape index (κ1) is 18.4. The minimum Gasteiger partial charge on any atom is -0.356 e. The molecular formula is C20H22N2O3S. The average Bonchev–Trinajstić information content (AvgIpc) is 3.07. The summed E-state index contributed by atoms with van der Waals surface area (Å²) in [6, 6.07) is 14.9. The van der Waals surface area contributed by atoms with E-state index in [4.69, 9.17) is 4.52 Å². The van der Waals surface area contributed by atoms with Crippen LogP contribution in [0.15, 0.2) is 57.9 Å². The monoisotopic (exact) mass is 370 g/mol. The van der Waals surface area contributed by atoms with Gasteiger partial charge >= 0.3 is 0 Å². The third-order valence-corrected chi connectivity index (χ3v) is 5.72. The van der Waals surface area contributed by atoms with Crippen molar-refractivity contribution in [1.82, 2.24) is 9.88 Å². The lowest BCUT2D eigenvalue weighted by Gasteiger charge is -2.12. The van der Waals surface area contributed by atoms with Crippen molar-refractivity contribution in [1.29, 1.82) is 0 Å². The van der Waals surface area contributed by atoms with E-state index in [2.05, 4.69) is 9.88 Å². The quantitative estimate of drug-likeness (QED) is 0.712. The number of nitrogens with one attached hydrogen (secondary N) is 1. The van der Waals surface area contributed by atoms with E-state index < -0.39 is 10.0 Å². The van der Waals surface area contributed by atoms with E-state index >= 15 is 0 Å². The summed E-state index contributed by atoms with van der Waals surface area (Å²) in [6.45, 7) is 6.01. The zero-order chi connectivity index (χ0) is 18.7. The third-order valence-electron chi connectivity index (χ3n) is 4.24. The zero-order valence-electron chi connectivity index (χ0n) is 15.1. The fourth-order valence-corrected chi connectivity index (χ4v) is 4.06. The van der Waals surface area contributed by atoms with Gasteiger partial charge in [0, 0.05) is 18.2 Å². The van der Waals surface area contributed by atoms with Crippen molar-refractivity contribution in [3.8, 4) is 11.3 Å². The molecule has 0 fully saturated rings. The first-order valence-electron chi connectivity index (χ1n) is 8.51. The molecule has 0 spiro atoms. The van der Waals surface area contributed by atoms with Gasteiger partial charge < -0.3 is 4.52 Å². The van der Waals surface area contributed by atoms with Gasteiger partial charge in [-0.05, 0) is 37.5 Å². The number of nitrogens with zero attached hydrogens (tertiary/aromatic N) is 1. The first-order valence-corrected chi connectivity index (χ1v) is 9.99. The molecule has 3 aromatic rings. The molecule has 6 heteroatoms. The van der Waals surface area contributed by atoms with Crippen LogP contribution in [-0.2, 0) is 23.0 Å². The SMILES string of the molecule is CCc1ccc(-c2cc(C)no2)cc1S(=O)(=O)NCc1ccc(C)cc1. The predicted molar refractivity (Wildman–Crippen MR) is 101 cm³/mol. The summed E-state index contributed by atoms with van der Waals surface area (Å²) in [4.78, 5) is 0.277. The summed E-state index contributed by atoms with van der Waals surface area (Å²) in [5, 5.41) is 3.87. The zero-order valence-corrected chi connectivity index (χ0v) is 15.9. The number of aryl methyl sites for hydroxylation is 3. The third kappa shape index (κ3) is 4.03. The molecule has 0 aliphatic carbocycles. The number of rotatable bonds is 6. The van der Waals surface area contributed by atoms with E-state index in [0.717, 1.165) is 22.4 Å². The summed E-state index contributed by atoms with van der Waals surface area (Å²) in [7, 11) is -3.65. The van der Waals surface area contributed by atoms with E-state index in [1.54, 1.807) is 12.1 Å². The molecule has 0 unspecified atom stereocenters. The second-order valence-electron chi connectivity index (χ2n) is 6.32. The van der Waals surface area contributed by atoms with Gasteiger partial charge in [0.05, 0.1) is 10.6 Å². The maximum atomic E-state index is 12.9. The molecule has 0 bridgehead atoms. The lowest BCUT2D eigenvalue weighted by Crippen LogP contribution is -2.24. The number of hydrogen-bond donors (Lipinski definition) is 1. The Morgan fingerprint density at radius 3 is 2.38 bits per heavy atom. The van der Waals surface area contributed by atoms with Gasteiger partial charge in [0.2, 0.25) is 10.0 Å². The van der Waals surface area contributed by atoms with Crippen LogP contribution in [-0.4, -0.2) is 13.6 Å². The molecule has 0 radical (unpaired) electrons. The van der Waals surface area contributed by atoms with Gasteiger partial charge in [0.15, 0.2) is 5.76 Å². The molecule has 1 N–H and O–H groups in total. The standard InChI is InChI=1S/C20H22N2O3S/c1-4-17-9-10-18(19-11-15(3)22-25-19)12-20(17)26(23,24)21-13-16-7-5-14(2)6-8-16/h5-12,21H,4,13H2,1-3H3. The van der Waals surface area contributed by atoms with E-state index in [1.165, 1.54) is 0 Å². The Labute approximate surface area is 154 Å². The fourth-order valence-electron chi connectivity index (χ4n) is 2.71. The molecule has 26 heavy (non-hydrogen) atoms. The summed E-state index contributed by atoms with van der Waals surface area (Å²) < 4.78 is 33.7. The molecule has 0 amide bonds. The molecule has 0 aliphatic heterocycles. The molecule has 5 nitrogen and oxygen atoms in total. The highest BCUT2D eigenvalue weighted by atomic mass is 32.2. The lowest BCUT2D eigenvalue weighted by molar-refractivity contribution is 0.427. The number of aromatic nitrogens is 1. The van der Waals surface area contributed by atoms with Crippen molar-refractivity contribution in [2.45, 2.75) is 38.6 Å². The highest BCUT2D eigenvalue weighted by Gasteiger charge is 2.19. The van der Waals surface area contributed by atoms with Crippen molar-refractivity contribution in [2.24, 2.45) is 0 Å². The van der Waals surface area contributed by atoms with Gasteiger partial charge in [-0.15, -0.1) is 0 Å². The highest BCUT2D eigenvalue weighted by Crippen LogP contribution is 2.26. The van der Waals surface area contributed by atoms with Crippen molar-refractivity contribution >= 4 is 10.0 Å². The molecule has 1 heterocycles. The van der Waals surface area contributed by atoms with E-state index in [0.29, 0.717) is 17.7 Å². The average molecular weight is 370 g/mol. The van der Waals surface area contributed by atoms with Crippen LogP contribution in [0.3, 0.4) is 0 Å². The van der Waals surface area contributed by atoms with Gasteiger partial charge in [-0.2, -0.15) is 0 Å². The van der Waals surface area contributed by atoms with Crippen LogP contribution in [0.4, 0.5) is 0 Å². The van der Waals surface area contributed by atoms with Gasteiger partial charge in [0.25, 0.3) is 0 Å². The van der Waals surface area contributed by atoms with Gasteiger partial charge in [-0.25, -0.2) is 13.1 Å². The highest BCUT2D eigenvalue weighted by molar-refractivity contribution is 7.89. The first-order chi connectivity index (χ1) is 12.4. The van der Waals surface area contributed by atoms with Gasteiger partial charge in [0.1, 0.15) is 0 Å². The Bertz CT molecular complexity index is 1010. The minimum atomic E-state index is -3.65. The van der Waals surface area contributed by atoms with Crippen LogP contribution >= 0.6 is 0 Å². The van der Waals surface area contributed by atoms with E-state index in [9.17, 15) is 8.42 Å². The van der Waals surface area contributed by atoms with Crippen molar-refractivity contribution < 1.29 is 12.9 Å². The summed E-state index contributed by atoms with van der Waals surface area (Å²) in [5.41, 5.74) is 4.26. The molecule has 0 saturated carbocycles. The minimum absolute atomic E-state index is 0.247. The second kappa shape index (κ2) is 7.43. The van der Waals surface area contributed by atoms with Gasteiger partial charge in [-0.1, -0.05) is 54.0 Å². The van der Waals surface area contributed by atoms with Crippen LogP contribution in [0.25, 0.3) is 11.3 Å². The smallest absolute Gasteiger partial charge is 0.241 e. The molecule has 0 aliphatic rings. The molecule has 3 rings (SSSR count). The molecule has 136 valence electrons. The predicted octanol–water partition coefficient (Wildman–Crippen LogP) is 4.00. The van der Waals surface area contributed by atoms with Crippen LogP contribution in [0.1, 0.15) is 29.3 Å². The fraction of sp³-hybridized carbons (Fsp3) is 0.250. The van der Waals surface area contributed by atoms with Crippen LogP contribution in [0, 0.1) is 13.8 Å². The van der Waals surface area contributed by atoms with E-state index in [-0.39, 0.29) is 11.4 Å². The van der Waals surface area contributed by atoms with E-state index in [1.807, 2.05) is 57.2 Å². The van der Waals surface area contributed by atoms with Crippen molar-refractivity contribution in [3.05, 3.63) is 70.9 Å². The summed E-state index contributed by atoms with van der Waals surface area (Å²) >= 11 is 0. The van der Waals surface area contributed by atoms with Crippen LogP contribution in [0.5, 0.6) is 0 Å². The van der Waals surface area contributed by atoms with Crippen molar-refractivity contribution in [3.63, 3.8) is 0 Å². The van der Waals surface area contributed by atoms with Crippen LogP contribution < -0.4 is 4.72 Å². The normalized spacial score (nSPS) is 11.7. The van der Waals surface area contributed by atoms with Gasteiger partial charge in [-0.3, -0.25) is 0 Å². The Morgan fingerprint density at radius 2 is 1.77 bits per heavy atom. The summed E-state index contributed by atoms with van der Waals surface area (Å²) in [5.74, 6) is 0.556. The topological polar surface area (TPSA) is 72.2 Å². The molecule has 0 saturated heterocycles. The molecule has 1 aromatic heterocycles. The molecular weight excluding hydrogens is 348 g/mol. The maximum absolute atomic E-state index is 12.9. The second-order valence-corrected chi connectivity index (χ2v) is 8.05.